The Labute approximate surface area is 165 Å². The Kier molecular flexibility index (Phi) is 38.3. The zero-order chi connectivity index (χ0) is 16.2. The molecule has 136 valence electrons. The molecule has 1 unspecified atom stereocenters. The van der Waals surface area contributed by atoms with Crippen LogP contribution in [0.4, 0.5) is 0 Å². The van der Waals surface area contributed by atoms with Crippen molar-refractivity contribution in [3.63, 3.8) is 0 Å². The van der Waals surface area contributed by atoms with E-state index in [1.165, 1.54) is 16.7 Å². The number of aliphatic hydroxyl groups is 1. The topological polar surface area (TPSA) is 44.0 Å². The van der Waals surface area contributed by atoms with Crippen LogP contribution in [0.3, 0.4) is 0 Å². The molecule has 0 saturated carbocycles. The van der Waals surface area contributed by atoms with E-state index in [-0.39, 0.29) is 44.4 Å². The van der Waals surface area contributed by atoms with E-state index in [4.69, 9.17) is 10.8 Å². The van der Waals surface area contributed by atoms with Gasteiger partial charge >= 0.3 is 26.8 Å². The molecule has 22 heavy (non-hydrogen) atoms. The molecule has 1 atom stereocenters. The van der Waals surface area contributed by atoms with Gasteiger partial charge in [-0.25, -0.2) is 5.57 Å². The van der Waals surface area contributed by atoms with Crippen LogP contribution in [0, 0.1) is 26.3 Å². The molecule has 0 radical (unpaired) electrons. The summed E-state index contributed by atoms with van der Waals surface area (Å²) < 4.78 is 0. The second-order valence-corrected chi connectivity index (χ2v) is 5.27. The summed E-state index contributed by atoms with van der Waals surface area (Å²) in [7, 11) is 1.86. The van der Waals surface area contributed by atoms with Gasteiger partial charge in [0.2, 0.25) is 0 Å². The van der Waals surface area contributed by atoms with Crippen molar-refractivity contribution in [1.29, 1.82) is 0 Å². The van der Waals surface area contributed by atoms with Gasteiger partial charge in [0.05, 0.1) is 0 Å². The molecule has 0 saturated heterocycles. The average molecular weight is 404 g/mol. The van der Waals surface area contributed by atoms with Crippen LogP contribution in [0.2, 0.25) is 0 Å². The molecule has 1 aliphatic rings. The van der Waals surface area contributed by atoms with Crippen molar-refractivity contribution in [3.05, 3.63) is 42.9 Å². The van der Waals surface area contributed by atoms with Gasteiger partial charge in [-0.3, -0.25) is 6.08 Å². The molecule has 0 fully saturated rings. The molecule has 6 heteroatoms. The zero-order valence-electron chi connectivity index (χ0n) is 15.5. The third kappa shape index (κ3) is 29.0. The zero-order valence-corrected chi connectivity index (χ0v) is 20.1. The summed E-state index contributed by atoms with van der Waals surface area (Å²) >= 11 is 2.03. The Balaban J connectivity index is -0.0000000433. The predicted octanol–water partition coefficient (Wildman–Crippen LogP) is 4.75. The standard InChI is InChI=1S/C9H13.C4H10N.C2H5O.CH3.2ClH.H2Si.Ti/c1-6-5-7(2)9(4)8(6)3;1-4(2,3)5;1-2-3;;;;;/h6H,1-4H3;5H,1-3H3;3H,1-2H2;1H3;2*1H;1H2;/q4*-1;;;;. The van der Waals surface area contributed by atoms with Crippen molar-refractivity contribution in [2.75, 3.05) is 6.61 Å². The van der Waals surface area contributed by atoms with Gasteiger partial charge in [-0.15, -0.1) is 37.3 Å². The molecule has 0 spiro atoms. The van der Waals surface area contributed by atoms with Gasteiger partial charge in [0.15, 0.2) is 0 Å². The second kappa shape index (κ2) is 21.9. The van der Waals surface area contributed by atoms with Gasteiger partial charge in [0.25, 0.3) is 0 Å². The van der Waals surface area contributed by atoms with Crippen LogP contribution in [0.15, 0.2) is 16.7 Å². The number of halogens is 2. The van der Waals surface area contributed by atoms with Gasteiger partial charge in [0, 0.05) is 0 Å². The number of nitrogens with one attached hydrogen (secondary N) is 1. The van der Waals surface area contributed by atoms with Crippen molar-refractivity contribution in [3.8, 4) is 0 Å². The first kappa shape index (κ1) is 38.5. The Bertz CT molecular complexity index is 297. The van der Waals surface area contributed by atoms with E-state index in [0.717, 1.165) is 0 Å². The third-order valence-corrected chi connectivity index (χ3v) is 2.24. The molecular formula is C16H35Cl2NOSiTi-4. The summed E-state index contributed by atoms with van der Waals surface area (Å²) in [6.07, 6.45) is 3.36. The summed E-state index contributed by atoms with van der Waals surface area (Å²) in [5.74, 6) is 0.560. The fourth-order valence-electron chi connectivity index (χ4n) is 1.16. The maximum absolute atomic E-state index is 7.46. The Morgan fingerprint density at radius 2 is 1.45 bits per heavy atom. The molecule has 0 aromatic rings. The van der Waals surface area contributed by atoms with E-state index >= 15 is 0 Å². The fraction of sp³-hybridized carbons (Fsp3) is 0.625. The molecule has 0 bridgehead atoms. The van der Waals surface area contributed by atoms with Crippen LogP contribution in [0.25, 0.3) is 5.73 Å². The molecule has 2 N–H and O–H groups in total. The van der Waals surface area contributed by atoms with Crippen LogP contribution in [0.1, 0.15) is 48.5 Å². The summed E-state index contributed by atoms with van der Waals surface area (Å²) in [4.78, 5) is 0. The first-order valence-electron chi connectivity index (χ1n) is 6.32. The molecule has 0 aromatic carbocycles. The van der Waals surface area contributed by atoms with Crippen LogP contribution in [0.5, 0.6) is 0 Å². The molecule has 0 aromatic heterocycles. The van der Waals surface area contributed by atoms with E-state index in [2.05, 4.69) is 40.7 Å². The molecule has 0 amide bonds. The number of aliphatic hydroxyl groups excluding tert-OH is 1. The molecular weight excluding hydrogens is 369 g/mol. The summed E-state index contributed by atoms with van der Waals surface area (Å²) in [6, 6.07) is 0. The van der Waals surface area contributed by atoms with E-state index in [1.807, 2.05) is 47.6 Å². The minimum atomic E-state index is -0.250. The Hall–Kier alpha value is 0.911. The second-order valence-electron chi connectivity index (χ2n) is 5.27. The first-order valence-corrected chi connectivity index (χ1v) is 10.3. The number of rotatable bonds is 0. The molecule has 2 nitrogen and oxygen atoms in total. The normalized spacial score (nSPS) is 14.8. The Morgan fingerprint density at radius 1 is 1.23 bits per heavy atom. The fourth-order valence-corrected chi connectivity index (χ4v) is 1.16. The minimum absolute atomic E-state index is 0. The quantitative estimate of drug-likeness (QED) is 0.460. The van der Waals surface area contributed by atoms with Gasteiger partial charge in [-0.1, -0.05) is 54.1 Å². The van der Waals surface area contributed by atoms with Crippen LogP contribution in [-0.4, -0.2) is 24.9 Å². The third-order valence-electron chi connectivity index (χ3n) is 2.24. The summed E-state index contributed by atoms with van der Waals surface area (Å²) in [5.41, 5.74) is 10.9. The van der Waals surface area contributed by atoms with E-state index in [0.29, 0.717) is 5.92 Å². The van der Waals surface area contributed by atoms with E-state index < -0.39 is 0 Å². The Morgan fingerprint density at radius 3 is 1.50 bits per heavy atom. The SMILES string of the molecule is CC(C)(C)[NH-].CC1=[C-]C(C)C(C)=C1C.Cl.Cl.[CH2-]CO.[CH3-].[SiH2]=[Ti]. The van der Waals surface area contributed by atoms with Gasteiger partial charge in [0.1, 0.15) is 0 Å². The van der Waals surface area contributed by atoms with Crippen molar-refractivity contribution < 1.29 is 24.3 Å². The van der Waals surface area contributed by atoms with Crippen LogP contribution in [-0.2, 0) is 19.2 Å². The number of hydrogen-bond donors (Lipinski definition) is 1. The van der Waals surface area contributed by atoms with Gasteiger partial charge in [-0.2, -0.15) is 11.1 Å². The van der Waals surface area contributed by atoms with Crippen molar-refractivity contribution in [2.45, 2.75) is 54.0 Å². The van der Waals surface area contributed by atoms with E-state index in [1.54, 1.807) is 0 Å². The molecule has 1 aliphatic carbocycles. The van der Waals surface area contributed by atoms with E-state index in [9.17, 15) is 0 Å². The summed E-state index contributed by atoms with van der Waals surface area (Å²) in [6.45, 7) is 17.3. The van der Waals surface area contributed by atoms with Gasteiger partial charge in [-0.05, 0) is 0 Å². The van der Waals surface area contributed by atoms with Crippen molar-refractivity contribution in [1.82, 2.24) is 0 Å². The van der Waals surface area contributed by atoms with Crippen molar-refractivity contribution in [2.24, 2.45) is 5.92 Å². The molecule has 0 heterocycles. The maximum atomic E-state index is 7.46. The van der Waals surface area contributed by atoms with Crippen LogP contribution >= 0.6 is 24.8 Å². The van der Waals surface area contributed by atoms with Gasteiger partial charge < -0.3 is 25.2 Å². The number of hydrogen-bond acceptors (Lipinski definition) is 1. The molecule has 0 aliphatic heterocycles. The average Bonchev–Trinajstić information content (AvgIpc) is 2.47. The first-order chi connectivity index (χ1) is 8.54. The summed E-state index contributed by atoms with van der Waals surface area (Å²) in [5, 5.41) is 7.46. The monoisotopic (exact) mass is 403 g/mol. The predicted molar refractivity (Wildman–Crippen MR) is 106 cm³/mol. The molecule has 1 rings (SSSR count). The van der Waals surface area contributed by atoms with Crippen LogP contribution < -0.4 is 0 Å². The number of allylic oxidation sites excluding steroid dienone is 4. The van der Waals surface area contributed by atoms with Crippen molar-refractivity contribution >= 4 is 32.4 Å².